The van der Waals surface area contributed by atoms with Crippen molar-refractivity contribution in [3.8, 4) is 0 Å². The lowest BCUT2D eigenvalue weighted by molar-refractivity contribution is -0.122. The van der Waals surface area contributed by atoms with E-state index in [1.165, 1.54) is 0 Å². The van der Waals surface area contributed by atoms with Crippen molar-refractivity contribution < 1.29 is 13.6 Å². The van der Waals surface area contributed by atoms with Crippen LogP contribution in [0.5, 0.6) is 0 Å². The van der Waals surface area contributed by atoms with Crippen molar-refractivity contribution in [3.05, 3.63) is 23.7 Å². The van der Waals surface area contributed by atoms with E-state index >= 15 is 0 Å². The van der Waals surface area contributed by atoms with Crippen LogP contribution in [0.25, 0.3) is 0 Å². The van der Waals surface area contributed by atoms with Crippen LogP contribution < -0.4 is 5.73 Å². The molecule has 0 aromatic carbocycles. The zero-order valence-corrected chi connectivity index (χ0v) is 9.15. The molecule has 0 unspecified atom stereocenters. The average molecular weight is 226 g/mol. The zero-order valence-electron chi connectivity index (χ0n) is 9.15. The molecule has 4 nitrogen and oxygen atoms in total. The Kier molecular flexibility index (Phi) is 2.96. The maximum atomic E-state index is 13.2. The van der Waals surface area contributed by atoms with Gasteiger partial charge in [0.15, 0.2) is 0 Å². The number of halogens is 1. The number of hydrogen-bond donors (Lipinski definition) is 1. The van der Waals surface area contributed by atoms with E-state index < -0.39 is 18.1 Å². The zero-order chi connectivity index (χ0) is 11.7. The van der Waals surface area contributed by atoms with E-state index in [2.05, 4.69) is 0 Å². The number of aryl methyl sites for hydroxylation is 1. The van der Waals surface area contributed by atoms with Crippen LogP contribution >= 0.6 is 0 Å². The molecule has 1 fully saturated rings. The molecular formula is C11H15FN2O2. The molecule has 88 valence electrons. The number of likely N-dealkylation sites (tertiary alicyclic amines) is 1. The predicted octanol–water partition coefficient (Wildman–Crippen LogP) is 0.986. The Balaban J connectivity index is 2.09. The molecule has 2 rings (SSSR count). The summed E-state index contributed by atoms with van der Waals surface area (Å²) in [7, 11) is 0. The Labute approximate surface area is 93.2 Å². The van der Waals surface area contributed by atoms with Crippen molar-refractivity contribution >= 4 is 5.91 Å². The topological polar surface area (TPSA) is 59.5 Å². The fourth-order valence-electron chi connectivity index (χ4n) is 2.07. The Morgan fingerprint density at radius 2 is 2.50 bits per heavy atom. The van der Waals surface area contributed by atoms with E-state index in [9.17, 15) is 9.18 Å². The molecule has 0 saturated carbocycles. The number of rotatable bonds is 3. The molecule has 1 amide bonds. The number of furan rings is 1. The summed E-state index contributed by atoms with van der Waals surface area (Å²) >= 11 is 0. The molecule has 5 heteroatoms. The number of nitrogens with zero attached hydrogens (tertiary/aromatic N) is 1. The van der Waals surface area contributed by atoms with Gasteiger partial charge in [-0.2, -0.15) is 0 Å². The lowest BCUT2D eigenvalue weighted by Crippen LogP contribution is -2.39. The Bertz CT molecular complexity index is 391. The van der Waals surface area contributed by atoms with Crippen molar-refractivity contribution in [3.63, 3.8) is 0 Å². The summed E-state index contributed by atoms with van der Waals surface area (Å²) in [5.74, 6) is 0.296. The van der Waals surface area contributed by atoms with E-state index in [0.29, 0.717) is 6.54 Å². The predicted molar refractivity (Wildman–Crippen MR) is 56.4 cm³/mol. The second-order valence-corrected chi connectivity index (χ2v) is 4.21. The second kappa shape index (κ2) is 4.25. The maximum Gasteiger partial charge on any atom is 0.234 e. The van der Waals surface area contributed by atoms with Gasteiger partial charge in [-0.05, 0) is 18.6 Å². The summed E-state index contributed by atoms with van der Waals surface area (Å²) in [5, 5.41) is 0. The number of amides is 1. The molecular weight excluding hydrogens is 211 g/mol. The van der Waals surface area contributed by atoms with Gasteiger partial charge in [-0.3, -0.25) is 9.69 Å². The normalized spacial score (nSPS) is 26.1. The first kappa shape index (κ1) is 11.1. The van der Waals surface area contributed by atoms with E-state index in [1.54, 1.807) is 11.2 Å². The number of carbonyl (C=O) groups excluding carboxylic acids is 1. The third-order valence-electron chi connectivity index (χ3n) is 3.00. The van der Waals surface area contributed by atoms with Crippen molar-refractivity contribution in [2.24, 2.45) is 5.73 Å². The van der Waals surface area contributed by atoms with Gasteiger partial charge in [0.2, 0.25) is 5.91 Å². The third kappa shape index (κ3) is 2.09. The van der Waals surface area contributed by atoms with Gasteiger partial charge in [0.1, 0.15) is 11.9 Å². The molecule has 0 bridgehead atoms. The molecule has 2 N–H and O–H groups in total. The monoisotopic (exact) mass is 226 g/mol. The number of primary amides is 1. The number of nitrogens with two attached hydrogens (primary N) is 1. The van der Waals surface area contributed by atoms with Gasteiger partial charge in [-0.15, -0.1) is 0 Å². The van der Waals surface area contributed by atoms with Crippen molar-refractivity contribution in [1.29, 1.82) is 0 Å². The van der Waals surface area contributed by atoms with E-state index in [0.717, 1.165) is 11.3 Å². The summed E-state index contributed by atoms with van der Waals surface area (Å²) < 4.78 is 18.5. The highest BCUT2D eigenvalue weighted by Gasteiger charge is 2.36. The van der Waals surface area contributed by atoms with E-state index in [-0.39, 0.29) is 13.0 Å². The average Bonchev–Trinajstić information content (AvgIpc) is 2.75. The molecule has 2 heterocycles. The SMILES string of the molecule is Cc1ccoc1CN1C[C@H](F)C[C@H]1C(N)=O. The van der Waals surface area contributed by atoms with Crippen LogP contribution in [0.1, 0.15) is 17.7 Å². The Hall–Kier alpha value is -1.36. The highest BCUT2D eigenvalue weighted by molar-refractivity contribution is 5.80. The lowest BCUT2D eigenvalue weighted by Gasteiger charge is -2.20. The number of hydrogen-bond acceptors (Lipinski definition) is 3. The van der Waals surface area contributed by atoms with Gasteiger partial charge in [-0.25, -0.2) is 4.39 Å². The smallest absolute Gasteiger partial charge is 0.234 e. The van der Waals surface area contributed by atoms with E-state index in [1.807, 2.05) is 13.0 Å². The molecule has 0 radical (unpaired) electrons. The van der Waals surface area contributed by atoms with E-state index in [4.69, 9.17) is 10.2 Å². The first-order chi connectivity index (χ1) is 7.58. The molecule has 1 aliphatic heterocycles. The third-order valence-corrected chi connectivity index (χ3v) is 3.00. The summed E-state index contributed by atoms with van der Waals surface area (Å²) in [6, 6.07) is 1.33. The second-order valence-electron chi connectivity index (χ2n) is 4.21. The quantitative estimate of drug-likeness (QED) is 0.836. The number of alkyl halides is 1. The molecule has 1 aromatic rings. The lowest BCUT2D eigenvalue weighted by atomic mass is 10.2. The molecule has 1 saturated heterocycles. The summed E-state index contributed by atoms with van der Waals surface area (Å²) in [4.78, 5) is 12.9. The van der Waals surface area contributed by atoms with Gasteiger partial charge >= 0.3 is 0 Å². The van der Waals surface area contributed by atoms with Crippen LogP contribution in [-0.4, -0.2) is 29.6 Å². The van der Waals surface area contributed by atoms with Crippen LogP contribution in [0.3, 0.4) is 0 Å². The van der Waals surface area contributed by atoms with Crippen LogP contribution in [0.2, 0.25) is 0 Å². The van der Waals surface area contributed by atoms with Crippen molar-refractivity contribution in [1.82, 2.24) is 4.90 Å². The van der Waals surface area contributed by atoms with Crippen molar-refractivity contribution in [2.45, 2.75) is 32.1 Å². The molecule has 1 aliphatic rings. The molecule has 1 aromatic heterocycles. The van der Waals surface area contributed by atoms with Crippen LogP contribution in [0.15, 0.2) is 16.7 Å². The standard InChI is InChI=1S/C11H15FN2O2/c1-7-2-3-16-10(7)6-14-5-8(12)4-9(14)11(13)15/h2-3,8-9H,4-6H2,1H3,(H2,13,15)/t8-,9+/m1/s1. The molecule has 16 heavy (non-hydrogen) atoms. The summed E-state index contributed by atoms with van der Waals surface area (Å²) in [6.07, 6.45) is 0.801. The fourth-order valence-corrected chi connectivity index (χ4v) is 2.07. The first-order valence-corrected chi connectivity index (χ1v) is 5.28. The minimum atomic E-state index is -0.979. The summed E-state index contributed by atoms with van der Waals surface area (Å²) in [5.41, 5.74) is 6.24. The van der Waals surface area contributed by atoms with Gasteiger partial charge in [0.05, 0.1) is 18.8 Å². The minimum Gasteiger partial charge on any atom is -0.468 e. The van der Waals surface area contributed by atoms with Gasteiger partial charge in [0, 0.05) is 13.0 Å². The van der Waals surface area contributed by atoms with Crippen LogP contribution in [0.4, 0.5) is 4.39 Å². The summed E-state index contributed by atoms with van der Waals surface area (Å²) in [6.45, 7) is 2.60. The fraction of sp³-hybridized carbons (Fsp3) is 0.545. The minimum absolute atomic E-state index is 0.190. The molecule has 0 spiro atoms. The molecule has 2 atom stereocenters. The maximum absolute atomic E-state index is 13.2. The van der Waals surface area contributed by atoms with Gasteiger partial charge < -0.3 is 10.2 Å². The highest BCUT2D eigenvalue weighted by Crippen LogP contribution is 2.23. The highest BCUT2D eigenvalue weighted by atomic mass is 19.1. The largest absolute Gasteiger partial charge is 0.468 e. The molecule has 0 aliphatic carbocycles. The van der Waals surface area contributed by atoms with Crippen LogP contribution in [0, 0.1) is 6.92 Å². The Morgan fingerprint density at radius 1 is 1.75 bits per heavy atom. The number of carbonyl (C=O) groups is 1. The van der Waals surface area contributed by atoms with Crippen molar-refractivity contribution in [2.75, 3.05) is 6.54 Å². The first-order valence-electron chi connectivity index (χ1n) is 5.28. The van der Waals surface area contributed by atoms with Crippen LogP contribution in [-0.2, 0) is 11.3 Å². The Morgan fingerprint density at radius 3 is 3.06 bits per heavy atom. The van der Waals surface area contributed by atoms with Gasteiger partial charge in [-0.1, -0.05) is 0 Å². The van der Waals surface area contributed by atoms with Gasteiger partial charge in [0.25, 0.3) is 0 Å².